The lowest BCUT2D eigenvalue weighted by Crippen LogP contribution is -2.10. The van der Waals surface area contributed by atoms with Gasteiger partial charge < -0.3 is 4.57 Å². The molecule has 0 bridgehead atoms. The van der Waals surface area contributed by atoms with Gasteiger partial charge >= 0.3 is 0 Å². The maximum Gasteiger partial charge on any atom is 0.245 e. The van der Waals surface area contributed by atoms with Gasteiger partial charge in [0.1, 0.15) is 0 Å². The van der Waals surface area contributed by atoms with Crippen LogP contribution >= 0.6 is 0 Å². The smallest absolute Gasteiger partial charge is 0.245 e. The standard InChI is InChI=1S/C15H17F2NO/c1-11(19)13-10-18(9-5-8-15(2,16)17)14-7-4-3-6-12(13)14/h3-4,6-7,10H,5,8-9H2,1-2H3. The summed E-state index contributed by atoms with van der Waals surface area (Å²) >= 11 is 0. The largest absolute Gasteiger partial charge is 0.347 e. The molecule has 0 atom stereocenters. The number of Topliss-reactive ketones (excluding diaryl/α,β-unsaturated/α-hetero) is 1. The van der Waals surface area contributed by atoms with Crippen LogP contribution in [-0.2, 0) is 6.54 Å². The molecule has 1 aromatic carbocycles. The van der Waals surface area contributed by atoms with Crippen molar-refractivity contribution in [2.45, 2.75) is 39.2 Å². The summed E-state index contributed by atoms with van der Waals surface area (Å²) in [6.45, 7) is 2.95. The molecule has 0 radical (unpaired) electrons. The van der Waals surface area contributed by atoms with E-state index < -0.39 is 5.92 Å². The number of halogens is 2. The van der Waals surface area contributed by atoms with Crippen LogP contribution in [0.4, 0.5) is 8.78 Å². The second-order valence-corrected chi connectivity index (χ2v) is 4.98. The highest BCUT2D eigenvalue weighted by atomic mass is 19.3. The molecule has 102 valence electrons. The minimum atomic E-state index is -2.63. The van der Waals surface area contributed by atoms with Gasteiger partial charge in [0.2, 0.25) is 5.92 Å². The first-order chi connectivity index (χ1) is 8.88. The zero-order valence-electron chi connectivity index (χ0n) is 11.1. The van der Waals surface area contributed by atoms with Crippen LogP contribution in [0.3, 0.4) is 0 Å². The van der Waals surface area contributed by atoms with E-state index in [1.54, 1.807) is 6.20 Å². The maximum absolute atomic E-state index is 12.8. The van der Waals surface area contributed by atoms with E-state index in [9.17, 15) is 13.6 Å². The molecule has 1 aromatic heterocycles. The summed E-state index contributed by atoms with van der Waals surface area (Å²) in [5, 5.41) is 0.887. The van der Waals surface area contributed by atoms with Gasteiger partial charge in [0, 0.05) is 35.6 Å². The number of nitrogens with zero attached hydrogens (tertiary/aromatic N) is 1. The minimum absolute atomic E-state index is 0.00392. The molecule has 0 spiro atoms. The van der Waals surface area contributed by atoms with Crippen molar-refractivity contribution in [1.82, 2.24) is 4.57 Å². The van der Waals surface area contributed by atoms with E-state index >= 15 is 0 Å². The fourth-order valence-corrected chi connectivity index (χ4v) is 2.27. The molecule has 0 N–H and O–H groups in total. The monoisotopic (exact) mass is 265 g/mol. The molecule has 0 fully saturated rings. The summed E-state index contributed by atoms with van der Waals surface area (Å²) in [5.74, 6) is -2.64. The molecule has 2 nitrogen and oxygen atoms in total. The van der Waals surface area contributed by atoms with Crippen molar-refractivity contribution >= 4 is 16.7 Å². The van der Waals surface area contributed by atoms with Gasteiger partial charge in [-0.1, -0.05) is 18.2 Å². The van der Waals surface area contributed by atoms with Crippen molar-refractivity contribution in [2.75, 3.05) is 0 Å². The van der Waals surface area contributed by atoms with Crippen LogP contribution in [0.15, 0.2) is 30.5 Å². The fraction of sp³-hybridized carbons (Fsp3) is 0.400. The summed E-state index contributed by atoms with van der Waals surface area (Å²) in [6, 6.07) is 7.55. The van der Waals surface area contributed by atoms with Gasteiger partial charge in [0.15, 0.2) is 5.78 Å². The molecule has 0 saturated heterocycles. The van der Waals surface area contributed by atoms with E-state index in [4.69, 9.17) is 0 Å². The zero-order chi connectivity index (χ0) is 14.0. The fourth-order valence-electron chi connectivity index (χ4n) is 2.27. The Morgan fingerprint density at radius 2 is 2.00 bits per heavy atom. The number of fused-ring (bicyclic) bond motifs is 1. The van der Waals surface area contributed by atoms with Crippen molar-refractivity contribution in [1.29, 1.82) is 0 Å². The number of hydrogen-bond acceptors (Lipinski definition) is 1. The van der Waals surface area contributed by atoms with Crippen molar-refractivity contribution in [2.24, 2.45) is 0 Å². The van der Waals surface area contributed by atoms with E-state index in [1.165, 1.54) is 6.92 Å². The molecular weight excluding hydrogens is 248 g/mol. The Bertz CT molecular complexity index is 596. The quantitative estimate of drug-likeness (QED) is 0.739. The lowest BCUT2D eigenvalue weighted by Gasteiger charge is -2.10. The maximum atomic E-state index is 12.8. The van der Waals surface area contributed by atoms with Crippen LogP contribution in [-0.4, -0.2) is 16.3 Å². The SMILES string of the molecule is CC(=O)c1cn(CCCC(C)(F)F)c2ccccc12. The van der Waals surface area contributed by atoms with Gasteiger partial charge in [-0.05, 0) is 26.3 Å². The summed E-state index contributed by atoms with van der Waals surface area (Å²) in [5.41, 5.74) is 1.57. The van der Waals surface area contributed by atoms with Gasteiger partial charge in [-0.3, -0.25) is 4.79 Å². The average Bonchev–Trinajstić information content (AvgIpc) is 2.67. The van der Waals surface area contributed by atoms with E-state index in [2.05, 4.69) is 0 Å². The Morgan fingerprint density at radius 1 is 1.32 bits per heavy atom. The van der Waals surface area contributed by atoms with Crippen LogP contribution in [0.25, 0.3) is 10.9 Å². The predicted molar refractivity (Wildman–Crippen MR) is 71.8 cm³/mol. The van der Waals surface area contributed by atoms with Gasteiger partial charge in [0.05, 0.1) is 0 Å². The average molecular weight is 265 g/mol. The molecule has 1 heterocycles. The molecule has 0 amide bonds. The second-order valence-electron chi connectivity index (χ2n) is 4.98. The van der Waals surface area contributed by atoms with Gasteiger partial charge in [-0.15, -0.1) is 0 Å². The summed E-state index contributed by atoms with van der Waals surface area (Å²) < 4.78 is 27.5. The number of carbonyl (C=O) groups is 1. The number of aromatic nitrogens is 1. The molecule has 0 aliphatic heterocycles. The van der Waals surface area contributed by atoms with Crippen molar-refractivity contribution in [3.05, 3.63) is 36.0 Å². The van der Waals surface area contributed by atoms with Gasteiger partial charge in [-0.2, -0.15) is 0 Å². The topological polar surface area (TPSA) is 22.0 Å². The molecule has 0 aliphatic carbocycles. The van der Waals surface area contributed by atoms with Gasteiger partial charge in [-0.25, -0.2) is 8.78 Å². The first kappa shape index (κ1) is 13.7. The van der Waals surface area contributed by atoms with Crippen LogP contribution in [0.2, 0.25) is 0 Å². The molecular formula is C15H17F2NO. The first-order valence-corrected chi connectivity index (χ1v) is 6.35. The molecule has 0 saturated carbocycles. The van der Waals surface area contributed by atoms with Crippen molar-refractivity contribution in [3.8, 4) is 0 Å². The number of carbonyl (C=O) groups excluding carboxylic acids is 1. The van der Waals surface area contributed by atoms with E-state index in [1.807, 2.05) is 28.8 Å². The second kappa shape index (κ2) is 5.11. The molecule has 2 rings (SSSR count). The Labute approximate surface area is 111 Å². The number of benzene rings is 1. The minimum Gasteiger partial charge on any atom is -0.347 e. The Morgan fingerprint density at radius 3 is 2.63 bits per heavy atom. The molecule has 4 heteroatoms. The summed E-state index contributed by atoms with van der Waals surface area (Å²) in [6.07, 6.45) is 2.01. The van der Waals surface area contributed by atoms with Crippen LogP contribution in [0, 0.1) is 0 Å². The highest BCUT2D eigenvalue weighted by molar-refractivity contribution is 6.06. The normalized spacial score (nSPS) is 12.0. The van der Waals surface area contributed by atoms with Crippen LogP contribution in [0.5, 0.6) is 0 Å². The van der Waals surface area contributed by atoms with E-state index in [-0.39, 0.29) is 12.2 Å². The third kappa shape index (κ3) is 3.19. The lowest BCUT2D eigenvalue weighted by atomic mass is 10.1. The zero-order valence-corrected chi connectivity index (χ0v) is 11.1. The molecule has 0 unspecified atom stereocenters. The third-order valence-corrected chi connectivity index (χ3v) is 3.18. The van der Waals surface area contributed by atoms with Crippen LogP contribution in [0.1, 0.15) is 37.0 Å². The number of alkyl halides is 2. The van der Waals surface area contributed by atoms with E-state index in [0.29, 0.717) is 18.5 Å². The van der Waals surface area contributed by atoms with Gasteiger partial charge in [0.25, 0.3) is 0 Å². The Kier molecular flexibility index (Phi) is 3.69. The van der Waals surface area contributed by atoms with Crippen LogP contribution < -0.4 is 0 Å². The Hall–Kier alpha value is -1.71. The molecule has 0 aliphatic rings. The molecule has 2 aromatic rings. The number of ketones is 1. The first-order valence-electron chi connectivity index (χ1n) is 6.35. The molecule has 19 heavy (non-hydrogen) atoms. The number of hydrogen-bond donors (Lipinski definition) is 0. The van der Waals surface area contributed by atoms with E-state index in [0.717, 1.165) is 17.8 Å². The number of aryl methyl sites for hydroxylation is 1. The highest BCUT2D eigenvalue weighted by Crippen LogP contribution is 2.24. The number of rotatable bonds is 5. The Balaban J connectivity index is 2.26. The van der Waals surface area contributed by atoms with Crippen molar-refractivity contribution < 1.29 is 13.6 Å². The third-order valence-electron chi connectivity index (χ3n) is 3.18. The van der Waals surface area contributed by atoms with Crippen molar-refractivity contribution in [3.63, 3.8) is 0 Å². The lowest BCUT2D eigenvalue weighted by molar-refractivity contribution is 0.00999. The summed E-state index contributed by atoms with van der Waals surface area (Å²) in [7, 11) is 0. The highest BCUT2D eigenvalue weighted by Gasteiger charge is 2.20. The summed E-state index contributed by atoms with van der Waals surface area (Å²) in [4.78, 5) is 11.6. The predicted octanol–water partition coefficient (Wildman–Crippen LogP) is 4.28. The number of para-hydroxylation sites is 1.